The Hall–Kier alpha value is -2.25. The van der Waals surface area contributed by atoms with E-state index in [9.17, 15) is 4.79 Å². The average molecular weight is 374 g/mol. The topological polar surface area (TPSA) is 60.9 Å². The van der Waals surface area contributed by atoms with Gasteiger partial charge in [-0.25, -0.2) is 9.78 Å². The molecule has 0 fully saturated rings. The van der Waals surface area contributed by atoms with E-state index >= 15 is 0 Å². The summed E-state index contributed by atoms with van der Waals surface area (Å²) in [6, 6.07) is 9.56. The molecule has 0 N–H and O–H groups in total. The quantitative estimate of drug-likeness (QED) is 0.746. The van der Waals surface area contributed by atoms with Crippen molar-refractivity contribution >= 4 is 17.7 Å². The molecule has 0 atom stereocenters. The maximum absolute atomic E-state index is 11.8. The van der Waals surface area contributed by atoms with Crippen LogP contribution < -0.4 is 9.47 Å². The zero-order valence-electron chi connectivity index (χ0n) is 15.2. The van der Waals surface area contributed by atoms with E-state index in [-0.39, 0.29) is 0 Å². The predicted octanol–water partition coefficient (Wildman–Crippen LogP) is 2.99. The lowest BCUT2D eigenvalue weighted by Crippen LogP contribution is -2.24. The number of hydrogen-bond donors (Lipinski definition) is 0. The van der Waals surface area contributed by atoms with Gasteiger partial charge in [0.25, 0.3) is 0 Å². The third-order valence-corrected chi connectivity index (χ3v) is 5.30. The summed E-state index contributed by atoms with van der Waals surface area (Å²) < 4.78 is 15.4. The van der Waals surface area contributed by atoms with Gasteiger partial charge < -0.3 is 14.2 Å². The number of ether oxygens (including phenoxy) is 3. The SMILES string of the molecule is COC(=O)c1ccc(CN2CCSc3ccc(OC)nc3C2)cc1OC. The van der Waals surface area contributed by atoms with E-state index < -0.39 is 5.97 Å². The van der Waals surface area contributed by atoms with Crippen LogP contribution in [0.5, 0.6) is 11.6 Å². The number of hydrogen-bond acceptors (Lipinski definition) is 7. The fourth-order valence-electron chi connectivity index (χ4n) is 2.91. The Morgan fingerprint density at radius 2 is 2.04 bits per heavy atom. The zero-order valence-corrected chi connectivity index (χ0v) is 16.0. The molecule has 0 bridgehead atoms. The Morgan fingerprint density at radius 1 is 1.19 bits per heavy atom. The van der Waals surface area contributed by atoms with Crippen molar-refractivity contribution in [2.24, 2.45) is 0 Å². The number of carbonyl (C=O) groups is 1. The number of nitrogens with zero attached hydrogens (tertiary/aromatic N) is 2. The fourth-order valence-corrected chi connectivity index (χ4v) is 3.92. The molecule has 2 aromatic rings. The highest BCUT2D eigenvalue weighted by Crippen LogP contribution is 2.29. The molecule has 1 aliphatic rings. The number of thioether (sulfide) groups is 1. The van der Waals surface area contributed by atoms with Crippen molar-refractivity contribution < 1.29 is 19.0 Å². The second kappa shape index (κ2) is 8.42. The van der Waals surface area contributed by atoms with Crippen LogP contribution >= 0.6 is 11.8 Å². The maximum Gasteiger partial charge on any atom is 0.341 e. The molecule has 0 saturated heterocycles. The van der Waals surface area contributed by atoms with Crippen molar-refractivity contribution in [3.8, 4) is 11.6 Å². The van der Waals surface area contributed by atoms with E-state index in [1.54, 1.807) is 20.3 Å². The monoisotopic (exact) mass is 374 g/mol. The Kier molecular flexibility index (Phi) is 6.00. The summed E-state index contributed by atoms with van der Waals surface area (Å²) in [5, 5.41) is 0. The first-order chi connectivity index (χ1) is 12.6. The van der Waals surface area contributed by atoms with E-state index in [2.05, 4.69) is 16.0 Å². The Labute approximate surface area is 157 Å². The molecule has 0 spiro atoms. The molecule has 0 unspecified atom stereocenters. The lowest BCUT2D eigenvalue weighted by Gasteiger charge is -2.20. The van der Waals surface area contributed by atoms with Crippen LogP contribution in [0.15, 0.2) is 35.2 Å². The van der Waals surface area contributed by atoms with Gasteiger partial charge in [0.1, 0.15) is 11.3 Å². The first-order valence-electron chi connectivity index (χ1n) is 8.29. The Bertz CT molecular complexity index is 797. The fraction of sp³-hybridized carbons (Fsp3) is 0.368. The van der Waals surface area contributed by atoms with Gasteiger partial charge in [0.2, 0.25) is 5.88 Å². The third-order valence-electron chi connectivity index (χ3n) is 4.23. The predicted molar refractivity (Wildman–Crippen MR) is 100.0 cm³/mol. The summed E-state index contributed by atoms with van der Waals surface area (Å²) >= 11 is 1.81. The lowest BCUT2D eigenvalue weighted by molar-refractivity contribution is 0.0597. The molecule has 6 nitrogen and oxygen atoms in total. The standard InChI is InChI=1S/C19H22N2O4S/c1-23-16-10-13(4-5-14(16)19(22)25-3)11-21-8-9-26-17-6-7-18(24-2)20-15(17)12-21/h4-7,10H,8-9,11-12H2,1-3H3. The van der Waals surface area contributed by atoms with Crippen molar-refractivity contribution in [3.05, 3.63) is 47.2 Å². The normalized spacial score (nSPS) is 14.3. The van der Waals surface area contributed by atoms with Crippen molar-refractivity contribution in [1.82, 2.24) is 9.88 Å². The van der Waals surface area contributed by atoms with Gasteiger partial charge in [-0.15, -0.1) is 11.8 Å². The van der Waals surface area contributed by atoms with Crippen LogP contribution in [-0.2, 0) is 17.8 Å². The van der Waals surface area contributed by atoms with Gasteiger partial charge >= 0.3 is 5.97 Å². The molecule has 0 aliphatic carbocycles. The summed E-state index contributed by atoms with van der Waals surface area (Å²) in [5.74, 6) is 1.76. The van der Waals surface area contributed by atoms with Gasteiger partial charge in [0, 0.05) is 36.3 Å². The molecule has 0 radical (unpaired) electrons. The molecule has 2 heterocycles. The van der Waals surface area contributed by atoms with E-state index in [1.807, 2.05) is 30.0 Å². The first-order valence-corrected chi connectivity index (χ1v) is 9.27. The molecule has 7 heteroatoms. The smallest absolute Gasteiger partial charge is 0.341 e. The van der Waals surface area contributed by atoms with Crippen molar-refractivity contribution in [1.29, 1.82) is 0 Å². The van der Waals surface area contributed by atoms with Crippen molar-refractivity contribution in [2.45, 2.75) is 18.0 Å². The van der Waals surface area contributed by atoms with E-state index in [4.69, 9.17) is 14.2 Å². The van der Waals surface area contributed by atoms with Gasteiger partial charge in [-0.3, -0.25) is 4.90 Å². The van der Waals surface area contributed by atoms with Crippen molar-refractivity contribution in [2.75, 3.05) is 33.6 Å². The molecule has 3 rings (SSSR count). The highest BCUT2D eigenvalue weighted by Gasteiger charge is 2.19. The molecule has 1 aromatic heterocycles. The van der Waals surface area contributed by atoms with Gasteiger partial charge in [-0.05, 0) is 23.8 Å². The molecule has 26 heavy (non-hydrogen) atoms. The molecule has 138 valence electrons. The van der Waals surface area contributed by atoms with Crippen LogP contribution in [-0.4, -0.2) is 49.5 Å². The second-order valence-electron chi connectivity index (χ2n) is 5.88. The summed E-state index contributed by atoms with van der Waals surface area (Å²) in [4.78, 5) is 19.9. The van der Waals surface area contributed by atoms with Crippen LogP contribution in [0, 0.1) is 0 Å². The van der Waals surface area contributed by atoms with Crippen LogP contribution in [0.2, 0.25) is 0 Å². The van der Waals surface area contributed by atoms with Crippen LogP contribution in [0.4, 0.5) is 0 Å². The van der Waals surface area contributed by atoms with Crippen LogP contribution in [0.25, 0.3) is 0 Å². The highest BCUT2D eigenvalue weighted by molar-refractivity contribution is 7.99. The highest BCUT2D eigenvalue weighted by atomic mass is 32.2. The number of esters is 1. The molecule has 0 saturated carbocycles. The first kappa shape index (κ1) is 18.5. The molecule has 1 aliphatic heterocycles. The van der Waals surface area contributed by atoms with E-state index in [0.717, 1.165) is 36.6 Å². The number of fused-ring (bicyclic) bond motifs is 1. The zero-order chi connectivity index (χ0) is 18.5. The summed E-state index contributed by atoms with van der Waals surface area (Å²) in [7, 11) is 4.55. The lowest BCUT2D eigenvalue weighted by atomic mass is 10.1. The van der Waals surface area contributed by atoms with Gasteiger partial charge in [0.05, 0.1) is 27.0 Å². The number of pyridine rings is 1. The molecule has 1 aromatic carbocycles. The Balaban J connectivity index is 1.79. The number of aromatic nitrogens is 1. The summed E-state index contributed by atoms with van der Waals surface area (Å²) in [6.45, 7) is 2.45. The molecular formula is C19H22N2O4S. The Morgan fingerprint density at radius 3 is 2.77 bits per heavy atom. The summed E-state index contributed by atoms with van der Waals surface area (Å²) in [6.07, 6.45) is 0. The van der Waals surface area contributed by atoms with E-state index in [0.29, 0.717) is 17.2 Å². The number of methoxy groups -OCH3 is 3. The molecular weight excluding hydrogens is 352 g/mol. The molecule has 0 amide bonds. The largest absolute Gasteiger partial charge is 0.496 e. The van der Waals surface area contributed by atoms with Gasteiger partial charge in [-0.2, -0.15) is 0 Å². The average Bonchev–Trinajstić information content (AvgIpc) is 2.88. The summed E-state index contributed by atoms with van der Waals surface area (Å²) in [5.41, 5.74) is 2.54. The number of carbonyl (C=O) groups excluding carboxylic acids is 1. The number of benzene rings is 1. The minimum Gasteiger partial charge on any atom is -0.496 e. The van der Waals surface area contributed by atoms with Crippen LogP contribution in [0.1, 0.15) is 21.6 Å². The maximum atomic E-state index is 11.8. The van der Waals surface area contributed by atoms with Gasteiger partial charge in [0.15, 0.2) is 0 Å². The second-order valence-corrected chi connectivity index (χ2v) is 7.02. The minimum atomic E-state index is -0.398. The minimum absolute atomic E-state index is 0.398. The van der Waals surface area contributed by atoms with E-state index in [1.165, 1.54) is 12.0 Å². The van der Waals surface area contributed by atoms with Gasteiger partial charge in [-0.1, -0.05) is 6.07 Å². The van der Waals surface area contributed by atoms with Crippen LogP contribution in [0.3, 0.4) is 0 Å². The third kappa shape index (κ3) is 4.11. The van der Waals surface area contributed by atoms with Crippen molar-refractivity contribution in [3.63, 3.8) is 0 Å². The number of rotatable bonds is 5.